The molecule has 0 saturated carbocycles. The minimum absolute atomic E-state index is 0.0462. The van der Waals surface area contributed by atoms with Gasteiger partial charge in [-0.25, -0.2) is 13.2 Å². The van der Waals surface area contributed by atoms with Crippen molar-refractivity contribution in [2.24, 2.45) is 0 Å². The Morgan fingerprint density at radius 1 is 1.07 bits per heavy atom. The predicted molar refractivity (Wildman–Crippen MR) is 102 cm³/mol. The number of benzene rings is 2. The van der Waals surface area contributed by atoms with E-state index in [1.807, 2.05) is 0 Å². The zero-order chi connectivity index (χ0) is 20.5. The van der Waals surface area contributed by atoms with Crippen LogP contribution in [-0.2, 0) is 10.0 Å². The number of carboxylic acid groups (broad SMARTS) is 1. The summed E-state index contributed by atoms with van der Waals surface area (Å²) < 4.78 is 38.1. The predicted octanol–water partition coefficient (Wildman–Crippen LogP) is 2.04. The molecule has 0 aliphatic heterocycles. The summed E-state index contributed by atoms with van der Waals surface area (Å²) in [7, 11) is -1.17. The molecule has 0 aliphatic carbocycles. The summed E-state index contributed by atoms with van der Waals surface area (Å²) in [4.78, 5) is 25.9. The number of methoxy groups -OCH3 is 2. The lowest BCUT2D eigenvalue weighted by molar-refractivity contribution is 0.0695. The molecule has 0 saturated heterocycles. The Kier molecular flexibility index (Phi) is 4.97. The zero-order valence-corrected chi connectivity index (χ0v) is 15.7. The number of aromatic nitrogens is 1. The van der Waals surface area contributed by atoms with Crippen LogP contribution in [0.4, 0.5) is 5.69 Å². The van der Waals surface area contributed by atoms with Gasteiger partial charge in [0.05, 0.1) is 24.8 Å². The molecule has 0 fully saturated rings. The molecule has 0 spiro atoms. The number of hydrogen-bond acceptors (Lipinski definition) is 6. The Morgan fingerprint density at radius 3 is 2.43 bits per heavy atom. The molecule has 0 aliphatic rings. The molecule has 3 aromatic rings. The summed E-state index contributed by atoms with van der Waals surface area (Å²) in [5.74, 6) is -0.632. The molecule has 1 aromatic heterocycles. The number of H-pyrrole nitrogens is 1. The molecule has 28 heavy (non-hydrogen) atoms. The Balaban J connectivity index is 2.04. The van der Waals surface area contributed by atoms with Gasteiger partial charge in [0.2, 0.25) is 5.43 Å². The van der Waals surface area contributed by atoms with Crippen molar-refractivity contribution in [1.82, 2.24) is 4.98 Å². The van der Waals surface area contributed by atoms with Crippen molar-refractivity contribution in [3.05, 3.63) is 58.4 Å². The van der Waals surface area contributed by atoms with E-state index in [2.05, 4.69) is 9.71 Å². The number of hydrogen-bond donors (Lipinski definition) is 3. The van der Waals surface area contributed by atoms with E-state index in [1.54, 1.807) is 6.07 Å². The molecule has 0 atom stereocenters. The number of sulfonamides is 1. The van der Waals surface area contributed by atoms with Crippen LogP contribution in [0.1, 0.15) is 10.4 Å². The smallest absolute Gasteiger partial charge is 0.341 e. The second-order valence-electron chi connectivity index (χ2n) is 5.72. The molecular formula is C18H16N2O7S. The normalized spacial score (nSPS) is 11.2. The lowest BCUT2D eigenvalue weighted by Gasteiger charge is -2.12. The Hall–Kier alpha value is -3.53. The Morgan fingerprint density at radius 2 is 1.79 bits per heavy atom. The van der Waals surface area contributed by atoms with Gasteiger partial charge in [0, 0.05) is 23.2 Å². The standard InChI is InChI=1S/C18H16N2O7S/c1-26-15-6-3-10(7-16(15)27-2)20-28(24,25)11-4-5-14-12(8-11)17(21)13(9-19-14)18(22)23/h3-9,20H,1-2H3,(H,19,21)(H,22,23). The second-order valence-corrected chi connectivity index (χ2v) is 7.40. The van der Waals surface area contributed by atoms with Gasteiger partial charge in [0.1, 0.15) is 5.56 Å². The minimum atomic E-state index is -4.05. The number of pyridine rings is 1. The Labute approximate surface area is 159 Å². The summed E-state index contributed by atoms with van der Waals surface area (Å²) in [6, 6.07) is 8.32. The van der Waals surface area contributed by atoms with Crippen LogP contribution in [0.2, 0.25) is 0 Å². The first kappa shape index (κ1) is 19.2. The number of aromatic carboxylic acids is 1. The fourth-order valence-electron chi connectivity index (χ4n) is 2.64. The van der Waals surface area contributed by atoms with Crippen LogP contribution in [0.25, 0.3) is 10.9 Å². The monoisotopic (exact) mass is 404 g/mol. The van der Waals surface area contributed by atoms with E-state index in [0.29, 0.717) is 17.0 Å². The third-order valence-electron chi connectivity index (χ3n) is 4.03. The van der Waals surface area contributed by atoms with E-state index in [1.165, 1.54) is 38.5 Å². The molecule has 0 amide bonds. The zero-order valence-electron chi connectivity index (χ0n) is 14.8. The van der Waals surface area contributed by atoms with E-state index in [-0.39, 0.29) is 16.0 Å². The van der Waals surface area contributed by atoms with E-state index in [4.69, 9.17) is 14.6 Å². The third-order valence-corrected chi connectivity index (χ3v) is 5.41. The molecule has 10 heteroatoms. The molecule has 0 bridgehead atoms. The maximum absolute atomic E-state index is 12.7. The molecule has 0 unspecified atom stereocenters. The number of carbonyl (C=O) groups is 1. The Bertz CT molecular complexity index is 1230. The van der Waals surface area contributed by atoms with Gasteiger partial charge in [-0.05, 0) is 30.3 Å². The van der Waals surface area contributed by atoms with Gasteiger partial charge < -0.3 is 19.6 Å². The van der Waals surface area contributed by atoms with Gasteiger partial charge in [-0.15, -0.1) is 0 Å². The van der Waals surface area contributed by atoms with Gasteiger partial charge in [-0.2, -0.15) is 0 Å². The highest BCUT2D eigenvalue weighted by Crippen LogP contribution is 2.30. The van der Waals surface area contributed by atoms with Crippen molar-refractivity contribution in [1.29, 1.82) is 0 Å². The molecule has 0 radical (unpaired) electrons. The van der Waals surface area contributed by atoms with Gasteiger partial charge in [0.15, 0.2) is 11.5 Å². The quantitative estimate of drug-likeness (QED) is 0.572. The van der Waals surface area contributed by atoms with Crippen LogP contribution in [0.5, 0.6) is 11.5 Å². The summed E-state index contributed by atoms with van der Waals surface area (Å²) in [6.45, 7) is 0. The van der Waals surface area contributed by atoms with Crippen LogP contribution in [0.3, 0.4) is 0 Å². The lowest BCUT2D eigenvalue weighted by Crippen LogP contribution is -2.17. The molecule has 3 rings (SSSR count). The second kappa shape index (κ2) is 7.24. The average molecular weight is 404 g/mol. The molecule has 9 nitrogen and oxygen atoms in total. The number of fused-ring (bicyclic) bond motifs is 1. The molecule has 3 N–H and O–H groups in total. The van der Waals surface area contributed by atoms with Gasteiger partial charge in [0.25, 0.3) is 10.0 Å². The summed E-state index contributed by atoms with van der Waals surface area (Å²) in [6.07, 6.45) is 1.07. The number of aromatic amines is 1. The van der Waals surface area contributed by atoms with Crippen LogP contribution >= 0.6 is 0 Å². The van der Waals surface area contributed by atoms with Gasteiger partial charge in [-0.3, -0.25) is 9.52 Å². The fraction of sp³-hybridized carbons (Fsp3) is 0.111. The first-order valence-electron chi connectivity index (χ1n) is 7.90. The lowest BCUT2D eigenvalue weighted by atomic mass is 10.1. The summed E-state index contributed by atoms with van der Waals surface area (Å²) in [5, 5.41) is 9.02. The maximum Gasteiger partial charge on any atom is 0.341 e. The first-order chi connectivity index (χ1) is 13.3. The van der Waals surface area contributed by atoms with E-state index >= 15 is 0 Å². The highest BCUT2D eigenvalue weighted by Gasteiger charge is 2.18. The van der Waals surface area contributed by atoms with E-state index in [0.717, 1.165) is 12.3 Å². The average Bonchev–Trinajstić information content (AvgIpc) is 2.67. The van der Waals surface area contributed by atoms with Crippen molar-refractivity contribution in [3.8, 4) is 11.5 Å². The van der Waals surface area contributed by atoms with Crippen LogP contribution in [0, 0.1) is 0 Å². The topological polar surface area (TPSA) is 135 Å². The fourth-order valence-corrected chi connectivity index (χ4v) is 3.71. The van der Waals surface area contributed by atoms with Crippen molar-refractivity contribution >= 4 is 32.6 Å². The molecule has 2 aromatic carbocycles. The molecular weight excluding hydrogens is 388 g/mol. The largest absolute Gasteiger partial charge is 0.493 e. The SMILES string of the molecule is COc1ccc(NS(=O)(=O)c2ccc3[nH]cc(C(=O)O)c(=O)c3c2)cc1OC. The van der Waals surface area contributed by atoms with Crippen LogP contribution in [0.15, 0.2) is 52.3 Å². The highest BCUT2D eigenvalue weighted by atomic mass is 32.2. The maximum atomic E-state index is 12.7. The molecule has 146 valence electrons. The number of nitrogens with one attached hydrogen (secondary N) is 2. The summed E-state index contributed by atoms with van der Waals surface area (Å²) in [5.41, 5.74) is -0.703. The first-order valence-corrected chi connectivity index (χ1v) is 9.38. The van der Waals surface area contributed by atoms with Gasteiger partial charge >= 0.3 is 5.97 Å². The number of anilines is 1. The highest BCUT2D eigenvalue weighted by molar-refractivity contribution is 7.92. The number of carboxylic acids is 1. The van der Waals surface area contributed by atoms with Crippen LogP contribution < -0.4 is 19.6 Å². The van der Waals surface area contributed by atoms with E-state index in [9.17, 15) is 18.0 Å². The van der Waals surface area contributed by atoms with Crippen molar-refractivity contribution in [2.45, 2.75) is 4.90 Å². The van der Waals surface area contributed by atoms with Gasteiger partial charge in [-0.1, -0.05) is 0 Å². The third kappa shape index (κ3) is 3.49. The van der Waals surface area contributed by atoms with Crippen molar-refractivity contribution in [3.63, 3.8) is 0 Å². The minimum Gasteiger partial charge on any atom is -0.493 e. The van der Waals surface area contributed by atoms with Crippen molar-refractivity contribution in [2.75, 3.05) is 18.9 Å². The van der Waals surface area contributed by atoms with Crippen molar-refractivity contribution < 1.29 is 27.8 Å². The number of ether oxygens (including phenoxy) is 2. The summed E-state index contributed by atoms with van der Waals surface area (Å²) >= 11 is 0. The van der Waals surface area contributed by atoms with E-state index < -0.39 is 27.0 Å². The number of rotatable bonds is 6. The van der Waals surface area contributed by atoms with Crippen LogP contribution in [-0.4, -0.2) is 38.7 Å². The molecule has 1 heterocycles.